The summed E-state index contributed by atoms with van der Waals surface area (Å²) in [5.74, 6) is -0.832. The Morgan fingerprint density at radius 2 is 2.04 bits per heavy atom. The Kier molecular flexibility index (Phi) is 6.56. The first-order chi connectivity index (χ1) is 10.8. The van der Waals surface area contributed by atoms with E-state index in [0.29, 0.717) is 13.1 Å². The highest BCUT2D eigenvalue weighted by Gasteiger charge is 2.35. The van der Waals surface area contributed by atoms with Gasteiger partial charge < -0.3 is 15.5 Å². The third-order valence-corrected chi connectivity index (χ3v) is 3.66. The van der Waals surface area contributed by atoms with Gasteiger partial charge in [-0.15, -0.1) is 12.4 Å². The number of nitrogens with zero attached hydrogens (tertiary/aromatic N) is 2. The minimum atomic E-state index is -4.56. The molecule has 24 heavy (non-hydrogen) atoms. The largest absolute Gasteiger partial charge is 0.433 e. The molecule has 10 heteroatoms. The van der Waals surface area contributed by atoms with Crippen LogP contribution in [0, 0.1) is 6.92 Å². The van der Waals surface area contributed by atoms with Crippen molar-refractivity contribution < 1.29 is 22.8 Å². The molecule has 1 unspecified atom stereocenters. The summed E-state index contributed by atoms with van der Waals surface area (Å²) in [5.41, 5.74) is -0.998. The van der Waals surface area contributed by atoms with Gasteiger partial charge in [0.05, 0.1) is 11.3 Å². The molecule has 1 fully saturated rings. The van der Waals surface area contributed by atoms with Crippen LogP contribution in [0.4, 0.5) is 13.2 Å². The van der Waals surface area contributed by atoms with Crippen molar-refractivity contribution in [2.45, 2.75) is 19.1 Å². The zero-order valence-corrected chi connectivity index (χ0v) is 13.9. The summed E-state index contributed by atoms with van der Waals surface area (Å²) in [6, 6.07) is 1.18. The highest BCUT2D eigenvalue weighted by molar-refractivity contribution is 5.98. The van der Waals surface area contributed by atoms with E-state index < -0.39 is 23.8 Å². The molecule has 1 aromatic heterocycles. The normalized spacial score (nSPS) is 17.9. The molecule has 1 aromatic rings. The number of aryl methyl sites for hydroxylation is 1. The minimum Gasteiger partial charge on any atom is -0.357 e. The molecule has 0 saturated carbocycles. The number of hydrogen-bond donors (Lipinski definition) is 2. The molecule has 0 aliphatic carbocycles. The molecule has 2 heterocycles. The molecular weight excluding hydrogens is 349 g/mol. The molecule has 0 bridgehead atoms. The van der Waals surface area contributed by atoms with Crippen molar-refractivity contribution in [1.29, 1.82) is 0 Å². The molecular formula is C14H18ClF3N4O2. The highest BCUT2D eigenvalue weighted by Crippen LogP contribution is 2.28. The minimum absolute atomic E-state index is 0. The number of nitrogens with one attached hydrogen (secondary N) is 2. The van der Waals surface area contributed by atoms with Crippen LogP contribution in [0.1, 0.15) is 21.7 Å². The SMILES string of the molecule is CNC(=O)C1CNCCN1C(=O)c1ccc(C(F)(F)F)nc1C.Cl. The van der Waals surface area contributed by atoms with Crippen molar-refractivity contribution in [3.05, 3.63) is 29.1 Å². The summed E-state index contributed by atoms with van der Waals surface area (Å²) in [5, 5.41) is 5.49. The first-order valence-corrected chi connectivity index (χ1v) is 7.04. The van der Waals surface area contributed by atoms with Crippen molar-refractivity contribution in [2.24, 2.45) is 0 Å². The maximum Gasteiger partial charge on any atom is 0.433 e. The van der Waals surface area contributed by atoms with Gasteiger partial charge in [-0.1, -0.05) is 0 Å². The van der Waals surface area contributed by atoms with Gasteiger partial charge >= 0.3 is 6.18 Å². The molecule has 1 aliphatic heterocycles. The van der Waals surface area contributed by atoms with Gasteiger partial charge in [-0.05, 0) is 19.1 Å². The number of carbonyl (C=O) groups excluding carboxylic acids is 2. The first-order valence-electron chi connectivity index (χ1n) is 7.04. The van der Waals surface area contributed by atoms with Gasteiger partial charge in [0.2, 0.25) is 5.91 Å². The molecule has 1 saturated heterocycles. The smallest absolute Gasteiger partial charge is 0.357 e. The van der Waals surface area contributed by atoms with E-state index in [2.05, 4.69) is 15.6 Å². The standard InChI is InChI=1S/C14H17F3N4O2.ClH/c1-8-9(3-4-11(20-8)14(15,16)17)13(23)21-6-5-19-7-10(21)12(22)18-2;/h3-4,10,19H,5-7H2,1-2H3,(H,18,22);1H. The Bertz CT molecular complexity index is 625. The van der Waals surface area contributed by atoms with E-state index in [0.717, 1.165) is 12.1 Å². The third-order valence-electron chi connectivity index (χ3n) is 3.66. The van der Waals surface area contributed by atoms with Crippen LogP contribution in [-0.2, 0) is 11.0 Å². The maximum absolute atomic E-state index is 12.6. The molecule has 0 spiro atoms. The van der Waals surface area contributed by atoms with E-state index in [9.17, 15) is 22.8 Å². The van der Waals surface area contributed by atoms with Gasteiger partial charge in [0, 0.05) is 26.7 Å². The summed E-state index contributed by atoms with van der Waals surface area (Å²) in [4.78, 5) is 29.3. The molecule has 2 rings (SSSR count). The predicted molar refractivity (Wildman–Crippen MR) is 83.0 cm³/mol. The van der Waals surface area contributed by atoms with E-state index in [1.807, 2.05) is 0 Å². The number of likely N-dealkylation sites (N-methyl/N-ethyl adjacent to an activating group) is 1. The van der Waals surface area contributed by atoms with Gasteiger partial charge in [-0.2, -0.15) is 13.2 Å². The lowest BCUT2D eigenvalue weighted by molar-refractivity contribution is -0.141. The second-order valence-corrected chi connectivity index (χ2v) is 5.16. The second-order valence-electron chi connectivity index (χ2n) is 5.16. The zero-order valence-electron chi connectivity index (χ0n) is 13.1. The van der Waals surface area contributed by atoms with E-state index in [-0.39, 0.29) is 36.1 Å². The fraction of sp³-hybridized carbons (Fsp3) is 0.500. The van der Waals surface area contributed by atoms with Crippen LogP contribution in [0.25, 0.3) is 0 Å². The van der Waals surface area contributed by atoms with Gasteiger partial charge in [-0.3, -0.25) is 9.59 Å². The van der Waals surface area contributed by atoms with Crippen LogP contribution in [-0.4, -0.2) is 54.4 Å². The van der Waals surface area contributed by atoms with Crippen molar-refractivity contribution in [2.75, 3.05) is 26.7 Å². The molecule has 1 aliphatic rings. The number of rotatable bonds is 2. The lowest BCUT2D eigenvalue weighted by Crippen LogP contribution is -2.59. The van der Waals surface area contributed by atoms with Crippen molar-refractivity contribution >= 4 is 24.2 Å². The topological polar surface area (TPSA) is 74.3 Å². The monoisotopic (exact) mass is 366 g/mol. The Balaban J connectivity index is 0.00000288. The predicted octanol–water partition coefficient (Wildman–Crippen LogP) is 0.991. The quantitative estimate of drug-likeness (QED) is 0.818. The molecule has 0 aromatic carbocycles. The van der Waals surface area contributed by atoms with Crippen LogP contribution in [0.15, 0.2) is 12.1 Å². The van der Waals surface area contributed by atoms with Crippen LogP contribution in [0.2, 0.25) is 0 Å². The number of aromatic nitrogens is 1. The molecule has 2 N–H and O–H groups in total. The number of hydrogen-bond acceptors (Lipinski definition) is 4. The zero-order chi connectivity index (χ0) is 17.2. The van der Waals surface area contributed by atoms with Crippen molar-refractivity contribution in [3.8, 4) is 0 Å². The molecule has 1 atom stereocenters. The highest BCUT2D eigenvalue weighted by atomic mass is 35.5. The van der Waals surface area contributed by atoms with Crippen LogP contribution >= 0.6 is 12.4 Å². The summed E-state index contributed by atoms with van der Waals surface area (Å²) in [6.45, 7) is 2.43. The average molecular weight is 367 g/mol. The maximum atomic E-state index is 12.6. The average Bonchev–Trinajstić information content (AvgIpc) is 2.52. The summed E-state index contributed by atoms with van der Waals surface area (Å²) >= 11 is 0. The molecule has 0 radical (unpaired) electrons. The number of piperazine rings is 1. The fourth-order valence-electron chi connectivity index (χ4n) is 2.45. The Hall–Kier alpha value is -1.87. The number of halogens is 4. The van der Waals surface area contributed by atoms with E-state index in [4.69, 9.17) is 0 Å². The summed E-state index contributed by atoms with van der Waals surface area (Å²) < 4.78 is 37.9. The van der Waals surface area contributed by atoms with Crippen molar-refractivity contribution in [3.63, 3.8) is 0 Å². The number of alkyl halides is 3. The summed E-state index contributed by atoms with van der Waals surface area (Å²) in [6.07, 6.45) is -4.56. The van der Waals surface area contributed by atoms with Gasteiger partial charge in [-0.25, -0.2) is 4.98 Å². The van der Waals surface area contributed by atoms with E-state index in [1.165, 1.54) is 18.9 Å². The Morgan fingerprint density at radius 1 is 1.38 bits per heavy atom. The van der Waals surface area contributed by atoms with Crippen LogP contribution in [0.5, 0.6) is 0 Å². The number of pyridine rings is 1. The number of carbonyl (C=O) groups is 2. The summed E-state index contributed by atoms with van der Waals surface area (Å²) in [7, 11) is 1.46. The number of amides is 2. The van der Waals surface area contributed by atoms with Crippen molar-refractivity contribution in [1.82, 2.24) is 20.5 Å². The van der Waals surface area contributed by atoms with Crippen LogP contribution in [0.3, 0.4) is 0 Å². The molecule has 2 amide bonds. The third kappa shape index (κ3) is 4.15. The Morgan fingerprint density at radius 3 is 2.58 bits per heavy atom. The molecule has 6 nitrogen and oxygen atoms in total. The second kappa shape index (κ2) is 7.80. The first kappa shape index (κ1) is 20.2. The lowest BCUT2D eigenvalue weighted by Gasteiger charge is -2.35. The fourth-order valence-corrected chi connectivity index (χ4v) is 2.45. The van der Waals surface area contributed by atoms with Gasteiger partial charge in [0.15, 0.2) is 0 Å². The van der Waals surface area contributed by atoms with Crippen LogP contribution < -0.4 is 10.6 Å². The van der Waals surface area contributed by atoms with Gasteiger partial charge in [0.1, 0.15) is 11.7 Å². The Labute approximate surface area is 143 Å². The van der Waals surface area contributed by atoms with Gasteiger partial charge in [0.25, 0.3) is 5.91 Å². The van der Waals surface area contributed by atoms with E-state index in [1.54, 1.807) is 0 Å². The van der Waals surface area contributed by atoms with E-state index >= 15 is 0 Å². The molecule has 134 valence electrons. The lowest BCUT2D eigenvalue weighted by atomic mass is 10.1.